The van der Waals surface area contributed by atoms with Crippen LogP contribution in [-0.2, 0) is 4.79 Å². The molecule has 66 valence electrons. The highest BCUT2D eigenvalue weighted by molar-refractivity contribution is 5.77. The average molecular weight is 157 g/mol. The number of hydrogen-bond acceptors (Lipinski definition) is 2. The standard InChI is InChI=1S/C9H19NO/c1-5-9(6-2)10(4)7-8(3)11/h9H,5-7H2,1-4H3. The molecule has 0 spiro atoms. The van der Waals surface area contributed by atoms with Crippen molar-refractivity contribution in [3.05, 3.63) is 0 Å². The predicted molar refractivity (Wildman–Crippen MR) is 47.7 cm³/mol. The van der Waals surface area contributed by atoms with Gasteiger partial charge in [-0.25, -0.2) is 0 Å². The molecule has 2 heteroatoms. The summed E-state index contributed by atoms with van der Waals surface area (Å²) in [5, 5.41) is 0. The Bertz CT molecular complexity index is 119. The summed E-state index contributed by atoms with van der Waals surface area (Å²) in [4.78, 5) is 12.9. The molecule has 0 aliphatic carbocycles. The summed E-state index contributed by atoms with van der Waals surface area (Å²) >= 11 is 0. The van der Waals surface area contributed by atoms with E-state index in [2.05, 4.69) is 18.7 Å². The van der Waals surface area contributed by atoms with Gasteiger partial charge in [0.2, 0.25) is 0 Å². The molecule has 0 bridgehead atoms. The summed E-state index contributed by atoms with van der Waals surface area (Å²) in [6, 6.07) is 0.568. The van der Waals surface area contributed by atoms with Crippen LogP contribution in [0.15, 0.2) is 0 Å². The predicted octanol–water partition coefficient (Wildman–Crippen LogP) is 1.70. The van der Waals surface area contributed by atoms with Gasteiger partial charge in [-0.2, -0.15) is 0 Å². The lowest BCUT2D eigenvalue weighted by atomic mass is 10.1. The van der Waals surface area contributed by atoms with Gasteiger partial charge in [-0.05, 0) is 26.8 Å². The van der Waals surface area contributed by atoms with Crippen LogP contribution in [0, 0.1) is 0 Å². The molecule has 0 unspecified atom stereocenters. The second-order valence-electron chi connectivity index (χ2n) is 3.09. The Hall–Kier alpha value is -0.370. The Balaban J connectivity index is 3.78. The van der Waals surface area contributed by atoms with Gasteiger partial charge in [-0.3, -0.25) is 9.69 Å². The van der Waals surface area contributed by atoms with Gasteiger partial charge in [-0.15, -0.1) is 0 Å². The normalized spacial score (nSPS) is 11.1. The maximum absolute atomic E-state index is 10.7. The van der Waals surface area contributed by atoms with Crippen LogP contribution in [-0.4, -0.2) is 30.3 Å². The first-order chi connectivity index (χ1) is 5.11. The second-order valence-corrected chi connectivity index (χ2v) is 3.09. The zero-order chi connectivity index (χ0) is 8.85. The first kappa shape index (κ1) is 10.6. The third kappa shape index (κ3) is 4.14. The zero-order valence-electron chi connectivity index (χ0n) is 8.05. The van der Waals surface area contributed by atoms with Crippen molar-refractivity contribution in [1.82, 2.24) is 4.90 Å². The van der Waals surface area contributed by atoms with E-state index in [1.54, 1.807) is 6.92 Å². The molecule has 0 fully saturated rings. The number of nitrogens with zero attached hydrogens (tertiary/aromatic N) is 1. The minimum absolute atomic E-state index is 0.249. The minimum atomic E-state index is 0.249. The van der Waals surface area contributed by atoms with Crippen molar-refractivity contribution in [2.75, 3.05) is 13.6 Å². The van der Waals surface area contributed by atoms with Crippen molar-refractivity contribution in [3.63, 3.8) is 0 Å². The van der Waals surface area contributed by atoms with E-state index in [1.807, 2.05) is 7.05 Å². The fourth-order valence-corrected chi connectivity index (χ4v) is 1.39. The molecule has 0 saturated carbocycles. The second kappa shape index (κ2) is 5.30. The number of rotatable bonds is 5. The van der Waals surface area contributed by atoms with Crippen molar-refractivity contribution in [1.29, 1.82) is 0 Å². The van der Waals surface area contributed by atoms with Crippen molar-refractivity contribution in [3.8, 4) is 0 Å². The maximum atomic E-state index is 10.7. The smallest absolute Gasteiger partial charge is 0.143 e. The van der Waals surface area contributed by atoms with Gasteiger partial charge in [0, 0.05) is 6.04 Å². The van der Waals surface area contributed by atoms with Crippen molar-refractivity contribution in [2.45, 2.75) is 39.7 Å². The highest BCUT2D eigenvalue weighted by Crippen LogP contribution is 2.04. The van der Waals surface area contributed by atoms with Crippen molar-refractivity contribution in [2.24, 2.45) is 0 Å². The van der Waals surface area contributed by atoms with Crippen LogP contribution in [0.4, 0.5) is 0 Å². The van der Waals surface area contributed by atoms with Crippen molar-refractivity contribution >= 4 is 5.78 Å². The highest BCUT2D eigenvalue weighted by atomic mass is 16.1. The molecule has 0 aliphatic rings. The van der Waals surface area contributed by atoms with E-state index < -0.39 is 0 Å². The number of carbonyl (C=O) groups is 1. The molecular weight excluding hydrogens is 138 g/mol. The number of likely N-dealkylation sites (N-methyl/N-ethyl adjacent to an activating group) is 1. The molecule has 0 aromatic carbocycles. The number of ketones is 1. The summed E-state index contributed by atoms with van der Waals surface area (Å²) in [6.07, 6.45) is 2.25. The van der Waals surface area contributed by atoms with E-state index in [0.29, 0.717) is 12.6 Å². The van der Waals surface area contributed by atoms with Crippen LogP contribution in [0.5, 0.6) is 0 Å². The molecule has 0 heterocycles. The summed E-state index contributed by atoms with van der Waals surface area (Å²) in [6.45, 7) is 6.54. The van der Waals surface area contributed by atoms with E-state index >= 15 is 0 Å². The Morgan fingerprint density at radius 2 is 1.82 bits per heavy atom. The van der Waals surface area contributed by atoms with E-state index in [9.17, 15) is 4.79 Å². The molecule has 0 aliphatic heterocycles. The molecule has 11 heavy (non-hydrogen) atoms. The molecule has 0 rings (SSSR count). The van der Waals surface area contributed by atoms with Gasteiger partial charge in [-0.1, -0.05) is 13.8 Å². The largest absolute Gasteiger partial charge is 0.299 e. The summed E-state index contributed by atoms with van der Waals surface area (Å²) in [5.74, 6) is 0.249. The van der Waals surface area contributed by atoms with Gasteiger partial charge in [0.05, 0.1) is 6.54 Å². The fourth-order valence-electron chi connectivity index (χ4n) is 1.39. The van der Waals surface area contributed by atoms with Gasteiger partial charge in [0.15, 0.2) is 0 Å². The van der Waals surface area contributed by atoms with Crippen LogP contribution in [0.1, 0.15) is 33.6 Å². The fraction of sp³-hybridized carbons (Fsp3) is 0.889. The summed E-state index contributed by atoms with van der Waals surface area (Å²) in [7, 11) is 2.01. The Morgan fingerprint density at radius 3 is 2.09 bits per heavy atom. The third-order valence-corrected chi connectivity index (χ3v) is 2.04. The molecule has 0 N–H and O–H groups in total. The van der Waals surface area contributed by atoms with Crippen LogP contribution < -0.4 is 0 Å². The average Bonchev–Trinajstić information content (AvgIpc) is 1.88. The van der Waals surface area contributed by atoms with Crippen LogP contribution in [0.25, 0.3) is 0 Å². The number of Topliss-reactive ketones (excluding diaryl/α,β-unsaturated/α-hetero) is 1. The van der Waals surface area contributed by atoms with Crippen LogP contribution in [0.2, 0.25) is 0 Å². The van der Waals surface area contributed by atoms with Crippen molar-refractivity contribution < 1.29 is 4.79 Å². The SMILES string of the molecule is CCC(CC)N(C)CC(C)=O. The molecule has 0 aromatic heterocycles. The lowest BCUT2D eigenvalue weighted by molar-refractivity contribution is -0.118. The van der Waals surface area contributed by atoms with Crippen LogP contribution >= 0.6 is 0 Å². The monoisotopic (exact) mass is 157 g/mol. The van der Waals surface area contributed by atoms with Gasteiger partial charge in [0.25, 0.3) is 0 Å². The molecule has 0 saturated heterocycles. The molecule has 0 atom stereocenters. The summed E-state index contributed by atoms with van der Waals surface area (Å²) < 4.78 is 0. The van der Waals surface area contributed by atoms with E-state index in [4.69, 9.17) is 0 Å². The van der Waals surface area contributed by atoms with E-state index in [1.165, 1.54) is 0 Å². The number of carbonyl (C=O) groups excluding carboxylic acids is 1. The molecular formula is C9H19NO. The molecule has 2 nitrogen and oxygen atoms in total. The minimum Gasteiger partial charge on any atom is -0.299 e. The maximum Gasteiger partial charge on any atom is 0.143 e. The lowest BCUT2D eigenvalue weighted by Gasteiger charge is -2.24. The number of hydrogen-bond donors (Lipinski definition) is 0. The highest BCUT2D eigenvalue weighted by Gasteiger charge is 2.10. The summed E-state index contributed by atoms with van der Waals surface area (Å²) in [5.41, 5.74) is 0. The lowest BCUT2D eigenvalue weighted by Crippen LogP contribution is -2.34. The first-order valence-corrected chi connectivity index (χ1v) is 4.31. The van der Waals surface area contributed by atoms with Crippen LogP contribution in [0.3, 0.4) is 0 Å². The van der Waals surface area contributed by atoms with Gasteiger partial charge < -0.3 is 0 Å². The van der Waals surface area contributed by atoms with Gasteiger partial charge in [0.1, 0.15) is 5.78 Å². The molecule has 0 radical (unpaired) electrons. The molecule has 0 aromatic rings. The van der Waals surface area contributed by atoms with E-state index in [0.717, 1.165) is 12.8 Å². The third-order valence-electron chi connectivity index (χ3n) is 2.04. The molecule has 0 amide bonds. The Kier molecular flexibility index (Phi) is 5.12. The Morgan fingerprint density at radius 1 is 1.36 bits per heavy atom. The van der Waals surface area contributed by atoms with Gasteiger partial charge >= 0.3 is 0 Å². The Labute approximate surface area is 69.6 Å². The van der Waals surface area contributed by atoms with E-state index in [-0.39, 0.29) is 5.78 Å². The first-order valence-electron chi connectivity index (χ1n) is 4.31. The zero-order valence-corrected chi connectivity index (χ0v) is 8.05. The topological polar surface area (TPSA) is 20.3 Å². The quantitative estimate of drug-likeness (QED) is 0.605.